The van der Waals surface area contributed by atoms with E-state index in [1.165, 1.54) is 12.4 Å². The minimum atomic E-state index is -0.328. The van der Waals surface area contributed by atoms with Gasteiger partial charge in [0.15, 0.2) is 0 Å². The molecular weight excluding hydrogens is 276 g/mol. The molecule has 1 amide bonds. The van der Waals surface area contributed by atoms with Crippen LogP contribution in [0.15, 0.2) is 36.7 Å². The molecule has 0 radical (unpaired) electrons. The van der Waals surface area contributed by atoms with E-state index in [4.69, 9.17) is 11.6 Å². The number of hydrogen-bond acceptors (Lipinski definition) is 4. The Morgan fingerprint density at radius 1 is 1.30 bits per heavy atom. The van der Waals surface area contributed by atoms with Crippen molar-refractivity contribution >= 4 is 23.2 Å². The van der Waals surface area contributed by atoms with Gasteiger partial charge >= 0.3 is 0 Å². The van der Waals surface area contributed by atoms with Crippen LogP contribution in [0.1, 0.15) is 16.1 Å². The van der Waals surface area contributed by atoms with E-state index in [-0.39, 0.29) is 16.8 Å². The summed E-state index contributed by atoms with van der Waals surface area (Å²) in [5.74, 6) is -0.328. The molecule has 0 aliphatic heterocycles. The van der Waals surface area contributed by atoms with Crippen molar-refractivity contribution in [2.75, 3.05) is 19.4 Å². The molecule has 0 atom stereocenters. The van der Waals surface area contributed by atoms with Crippen molar-refractivity contribution in [3.05, 3.63) is 53.1 Å². The normalized spacial score (nSPS) is 10.6. The molecule has 0 saturated carbocycles. The zero-order valence-corrected chi connectivity index (χ0v) is 12.1. The number of carbonyl (C=O) groups is 1. The molecular formula is C14H15ClN4O. The summed E-state index contributed by atoms with van der Waals surface area (Å²) in [5.41, 5.74) is 1.98. The fourth-order valence-corrected chi connectivity index (χ4v) is 1.91. The third-order valence-electron chi connectivity index (χ3n) is 2.59. The third-order valence-corrected chi connectivity index (χ3v) is 2.77. The first-order valence-electron chi connectivity index (χ1n) is 6.08. The molecule has 20 heavy (non-hydrogen) atoms. The predicted molar refractivity (Wildman–Crippen MR) is 78.8 cm³/mol. The van der Waals surface area contributed by atoms with Crippen LogP contribution < -0.4 is 5.32 Å². The van der Waals surface area contributed by atoms with Gasteiger partial charge in [-0.3, -0.25) is 9.78 Å². The highest BCUT2D eigenvalue weighted by Crippen LogP contribution is 2.17. The van der Waals surface area contributed by atoms with Gasteiger partial charge < -0.3 is 10.2 Å². The van der Waals surface area contributed by atoms with Gasteiger partial charge in [0.25, 0.3) is 5.91 Å². The number of nitrogens with zero attached hydrogens (tertiary/aromatic N) is 3. The highest BCUT2D eigenvalue weighted by atomic mass is 35.5. The highest BCUT2D eigenvalue weighted by molar-refractivity contribution is 6.29. The molecule has 1 heterocycles. The van der Waals surface area contributed by atoms with E-state index in [9.17, 15) is 4.79 Å². The minimum Gasteiger partial charge on any atom is -0.320 e. The maximum Gasteiger partial charge on any atom is 0.275 e. The Hall–Kier alpha value is -1.98. The molecule has 0 bridgehead atoms. The average Bonchev–Trinajstić information content (AvgIpc) is 2.40. The van der Waals surface area contributed by atoms with Gasteiger partial charge in [0, 0.05) is 12.2 Å². The Kier molecular flexibility index (Phi) is 4.65. The number of halogens is 1. The number of rotatable bonds is 4. The van der Waals surface area contributed by atoms with Crippen LogP contribution in [0.5, 0.6) is 0 Å². The van der Waals surface area contributed by atoms with Gasteiger partial charge in [-0.1, -0.05) is 29.8 Å². The number of hydrogen-bond donors (Lipinski definition) is 1. The first-order chi connectivity index (χ1) is 9.56. The summed E-state index contributed by atoms with van der Waals surface area (Å²) in [5, 5.41) is 3.03. The van der Waals surface area contributed by atoms with Crippen LogP contribution in [0.25, 0.3) is 0 Å². The topological polar surface area (TPSA) is 58.1 Å². The van der Waals surface area contributed by atoms with Crippen molar-refractivity contribution in [3.63, 3.8) is 0 Å². The fraction of sp³-hybridized carbons (Fsp3) is 0.214. The summed E-state index contributed by atoms with van der Waals surface area (Å²) in [6.07, 6.45) is 2.77. The number of carbonyl (C=O) groups excluding carboxylic acids is 1. The zero-order chi connectivity index (χ0) is 14.5. The maximum absolute atomic E-state index is 12.1. The van der Waals surface area contributed by atoms with E-state index in [0.717, 1.165) is 17.8 Å². The molecule has 5 nitrogen and oxygen atoms in total. The van der Waals surface area contributed by atoms with Crippen molar-refractivity contribution in [1.29, 1.82) is 0 Å². The van der Waals surface area contributed by atoms with Crippen LogP contribution in [0, 0.1) is 0 Å². The summed E-state index contributed by atoms with van der Waals surface area (Å²) < 4.78 is 0. The van der Waals surface area contributed by atoms with Crippen molar-refractivity contribution in [2.45, 2.75) is 6.54 Å². The van der Waals surface area contributed by atoms with Crippen LogP contribution in [0.4, 0.5) is 5.69 Å². The summed E-state index contributed by atoms with van der Waals surface area (Å²) in [4.78, 5) is 21.9. The smallest absolute Gasteiger partial charge is 0.275 e. The van der Waals surface area contributed by atoms with E-state index < -0.39 is 0 Å². The van der Waals surface area contributed by atoms with E-state index >= 15 is 0 Å². The molecule has 0 saturated heterocycles. The van der Waals surface area contributed by atoms with Gasteiger partial charge in [0.05, 0.1) is 12.4 Å². The molecule has 0 aliphatic rings. The summed E-state index contributed by atoms with van der Waals surface area (Å²) in [6.45, 7) is 0.734. The van der Waals surface area contributed by atoms with Crippen LogP contribution in [-0.2, 0) is 6.54 Å². The second-order valence-electron chi connectivity index (χ2n) is 4.58. The van der Waals surface area contributed by atoms with Gasteiger partial charge in [-0.05, 0) is 25.7 Å². The monoisotopic (exact) mass is 290 g/mol. The number of nitrogens with one attached hydrogen (secondary N) is 1. The molecule has 6 heteroatoms. The molecule has 1 aromatic heterocycles. The van der Waals surface area contributed by atoms with Crippen LogP contribution in [0.3, 0.4) is 0 Å². The number of benzene rings is 1. The van der Waals surface area contributed by atoms with Gasteiger partial charge in [-0.2, -0.15) is 0 Å². The van der Waals surface area contributed by atoms with Gasteiger partial charge in [-0.15, -0.1) is 0 Å². The first kappa shape index (κ1) is 14.4. The molecule has 2 rings (SSSR count). The lowest BCUT2D eigenvalue weighted by Crippen LogP contribution is -2.17. The quantitative estimate of drug-likeness (QED) is 0.940. The second kappa shape index (κ2) is 6.45. The van der Waals surface area contributed by atoms with E-state index in [1.807, 2.05) is 43.3 Å². The Morgan fingerprint density at radius 2 is 2.05 bits per heavy atom. The molecule has 0 aliphatic carbocycles. The molecule has 1 aromatic carbocycles. The van der Waals surface area contributed by atoms with E-state index in [0.29, 0.717) is 0 Å². The molecule has 1 N–H and O–H groups in total. The summed E-state index contributed by atoms with van der Waals surface area (Å²) in [7, 11) is 3.95. The lowest BCUT2D eigenvalue weighted by molar-refractivity contribution is 0.102. The summed E-state index contributed by atoms with van der Waals surface area (Å²) in [6, 6.07) is 7.64. The van der Waals surface area contributed by atoms with Crippen LogP contribution in [0.2, 0.25) is 5.15 Å². The SMILES string of the molecule is CN(C)Cc1ccccc1NC(=O)c1cncc(Cl)n1. The molecule has 2 aromatic rings. The largest absolute Gasteiger partial charge is 0.320 e. The van der Waals surface area contributed by atoms with Crippen molar-refractivity contribution in [2.24, 2.45) is 0 Å². The van der Waals surface area contributed by atoms with E-state index in [2.05, 4.69) is 15.3 Å². The lowest BCUT2D eigenvalue weighted by Gasteiger charge is -2.14. The lowest BCUT2D eigenvalue weighted by atomic mass is 10.1. The molecule has 0 unspecified atom stereocenters. The van der Waals surface area contributed by atoms with E-state index in [1.54, 1.807) is 0 Å². The van der Waals surface area contributed by atoms with Gasteiger partial charge in [0.1, 0.15) is 10.8 Å². The highest BCUT2D eigenvalue weighted by Gasteiger charge is 2.11. The Bertz CT molecular complexity index is 616. The number of amides is 1. The van der Waals surface area contributed by atoms with Crippen LogP contribution >= 0.6 is 11.6 Å². The molecule has 0 spiro atoms. The minimum absolute atomic E-state index is 0.192. The number of para-hydroxylation sites is 1. The van der Waals surface area contributed by atoms with Crippen molar-refractivity contribution < 1.29 is 4.79 Å². The standard InChI is InChI=1S/C14H15ClN4O/c1-19(2)9-10-5-3-4-6-11(10)18-14(20)12-7-16-8-13(15)17-12/h3-8H,9H2,1-2H3,(H,18,20). The van der Waals surface area contributed by atoms with Crippen molar-refractivity contribution in [1.82, 2.24) is 14.9 Å². The zero-order valence-electron chi connectivity index (χ0n) is 11.3. The van der Waals surface area contributed by atoms with Crippen molar-refractivity contribution in [3.8, 4) is 0 Å². The Labute approximate surface area is 122 Å². The number of aromatic nitrogens is 2. The maximum atomic E-state index is 12.1. The Morgan fingerprint density at radius 3 is 2.75 bits per heavy atom. The number of anilines is 1. The van der Waals surface area contributed by atoms with Gasteiger partial charge in [0.2, 0.25) is 0 Å². The predicted octanol–water partition coefficient (Wildman–Crippen LogP) is 2.44. The first-order valence-corrected chi connectivity index (χ1v) is 6.45. The molecule has 104 valence electrons. The Balaban J connectivity index is 2.19. The summed E-state index contributed by atoms with van der Waals surface area (Å²) >= 11 is 5.73. The average molecular weight is 291 g/mol. The fourth-order valence-electron chi connectivity index (χ4n) is 1.76. The van der Waals surface area contributed by atoms with Gasteiger partial charge in [-0.25, -0.2) is 4.98 Å². The van der Waals surface area contributed by atoms with Crippen LogP contribution in [-0.4, -0.2) is 34.9 Å². The second-order valence-corrected chi connectivity index (χ2v) is 4.96. The third kappa shape index (κ3) is 3.76. The molecule has 0 fully saturated rings.